The van der Waals surface area contributed by atoms with Crippen molar-refractivity contribution in [2.75, 3.05) is 33.3 Å². The fourth-order valence-electron chi connectivity index (χ4n) is 2.41. The van der Waals surface area contributed by atoms with Crippen molar-refractivity contribution in [1.29, 1.82) is 0 Å². The lowest BCUT2D eigenvalue weighted by atomic mass is 10.1. The van der Waals surface area contributed by atoms with Crippen LogP contribution in [0.3, 0.4) is 0 Å². The van der Waals surface area contributed by atoms with E-state index in [2.05, 4.69) is 29.8 Å². The van der Waals surface area contributed by atoms with Crippen LogP contribution in [0.5, 0.6) is 5.75 Å². The number of benzene rings is 1. The Kier molecular flexibility index (Phi) is 4.98. The summed E-state index contributed by atoms with van der Waals surface area (Å²) < 4.78 is 5.33. The van der Waals surface area contributed by atoms with Gasteiger partial charge in [-0.3, -0.25) is 9.69 Å². The van der Waals surface area contributed by atoms with Crippen LogP contribution >= 0.6 is 0 Å². The molecule has 0 aromatic heterocycles. The number of piperazine rings is 1. The fourth-order valence-corrected chi connectivity index (χ4v) is 2.41. The molecule has 20 heavy (non-hydrogen) atoms. The van der Waals surface area contributed by atoms with Crippen molar-refractivity contribution in [2.24, 2.45) is 5.73 Å². The van der Waals surface area contributed by atoms with Gasteiger partial charge in [-0.1, -0.05) is 12.1 Å². The third-order valence-electron chi connectivity index (χ3n) is 3.73. The molecule has 1 aromatic rings. The number of primary amides is 1. The highest BCUT2D eigenvalue weighted by atomic mass is 16.5. The summed E-state index contributed by atoms with van der Waals surface area (Å²) in [6, 6.07) is 8.44. The van der Waals surface area contributed by atoms with Crippen molar-refractivity contribution in [2.45, 2.75) is 19.5 Å². The van der Waals surface area contributed by atoms with Crippen molar-refractivity contribution in [3.63, 3.8) is 0 Å². The third kappa shape index (κ3) is 4.21. The van der Waals surface area contributed by atoms with Crippen molar-refractivity contribution in [1.82, 2.24) is 9.80 Å². The molecule has 1 heterocycles. The van der Waals surface area contributed by atoms with Crippen LogP contribution < -0.4 is 10.5 Å². The summed E-state index contributed by atoms with van der Waals surface area (Å²) in [4.78, 5) is 15.5. The number of carbonyl (C=O) groups is 1. The molecule has 0 bridgehead atoms. The van der Waals surface area contributed by atoms with Gasteiger partial charge in [-0.05, 0) is 31.7 Å². The van der Waals surface area contributed by atoms with Crippen LogP contribution in [0.15, 0.2) is 24.3 Å². The van der Waals surface area contributed by atoms with E-state index in [-0.39, 0.29) is 6.61 Å². The Bertz CT molecular complexity index is 464. The van der Waals surface area contributed by atoms with Crippen LogP contribution in [0.1, 0.15) is 12.5 Å². The normalized spacial score (nSPS) is 20.8. The summed E-state index contributed by atoms with van der Waals surface area (Å²) in [6.07, 6.45) is 0. The number of ether oxygens (including phenoxy) is 1. The van der Waals surface area contributed by atoms with Crippen molar-refractivity contribution in [3.8, 4) is 5.75 Å². The molecular weight excluding hydrogens is 254 g/mol. The first-order chi connectivity index (χ1) is 9.54. The molecule has 1 aromatic carbocycles. The molecule has 5 nitrogen and oxygen atoms in total. The molecule has 1 saturated heterocycles. The van der Waals surface area contributed by atoms with Gasteiger partial charge < -0.3 is 15.4 Å². The molecular formula is C15H23N3O2. The van der Waals surface area contributed by atoms with E-state index in [9.17, 15) is 4.79 Å². The lowest BCUT2D eigenvalue weighted by Gasteiger charge is -2.37. The van der Waals surface area contributed by atoms with Gasteiger partial charge in [0, 0.05) is 32.2 Å². The zero-order valence-electron chi connectivity index (χ0n) is 12.2. The summed E-state index contributed by atoms with van der Waals surface area (Å²) in [6.45, 7) is 6.33. The predicted molar refractivity (Wildman–Crippen MR) is 78.5 cm³/mol. The molecule has 110 valence electrons. The van der Waals surface area contributed by atoms with Crippen LogP contribution in [-0.4, -0.2) is 55.0 Å². The number of hydrogen-bond donors (Lipinski definition) is 1. The predicted octanol–water partition coefficient (Wildman–Crippen LogP) is 0.687. The minimum absolute atomic E-state index is 0.0744. The summed E-state index contributed by atoms with van der Waals surface area (Å²) in [5, 5.41) is 0. The Balaban J connectivity index is 1.92. The molecule has 0 radical (unpaired) electrons. The van der Waals surface area contributed by atoms with Gasteiger partial charge in [0.1, 0.15) is 5.75 Å². The van der Waals surface area contributed by atoms with Gasteiger partial charge >= 0.3 is 0 Å². The fraction of sp³-hybridized carbons (Fsp3) is 0.533. The van der Waals surface area contributed by atoms with Crippen molar-refractivity contribution >= 4 is 5.91 Å². The molecule has 2 rings (SSSR count). The van der Waals surface area contributed by atoms with Crippen LogP contribution in [0.4, 0.5) is 0 Å². The molecule has 0 saturated carbocycles. The van der Waals surface area contributed by atoms with Crippen LogP contribution in [-0.2, 0) is 11.3 Å². The van der Waals surface area contributed by atoms with Crippen molar-refractivity contribution in [3.05, 3.63) is 29.8 Å². The Hall–Kier alpha value is -1.59. The largest absolute Gasteiger partial charge is 0.484 e. The zero-order valence-corrected chi connectivity index (χ0v) is 12.2. The average Bonchev–Trinajstić information content (AvgIpc) is 2.41. The second-order valence-electron chi connectivity index (χ2n) is 5.47. The first-order valence-corrected chi connectivity index (χ1v) is 6.97. The van der Waals surface area contributed by atoms with E-state index < -0.39 is 5.91 Å². The van der Waals surface area contributed by atoms with Crippen LogP contribution in [0.25, 0.3) is 0 Å². The number of hydrogen-bond acceptors (Lipinski definition) is 4. The Morgan fingerprint density at radius 3 is 2.95 bits per heavy atom. The van der Waals surface area contributed by atoms with E-state index in [0.29, 0.717) is 11.8 Å². The van der Waals surface area contributed by atoms with Gasteiger partial charge in [-0.2, -0.15) is 0 Å². The quantitative estimate of drug-likeness (QED) is 0.860. The highest BCUT2D eigenvalue weighted by molar-refractivity contribution is 5.75. The highest BCUT2D eigenvalue weighted by Crippen LogP contribution is 2.16. The molecule has 1 amide bonds. The third-order valence-corrected chi connectivity index (χ3v) is 3.73. The maximum absolute atomic E-state index is 10.7. The molecule has 2 N–H and O–H groups in total. The second-order valence-corrected chi connectivity index (χ2v) is 5.47. The van der Waals surface area contributed by atoms with Gasteiger partial charge in [0.15, 0.2) is 6.61 Å². The number of carbonyl (C=O) groups excluding carboxylic acids is 1. The van der Waals surface area contributed by atoms with Gasteiger partial charge in [-0.25, -0.2) is 0 Å². The minimum atomic E-state index is -0.455. The highest BCUT2D eigenvalue weighted by Gasteiger charge is 2.20. The van der Waals surface area contributed by atoms with E-state index in [1.807, 2.05) is 18.2 Å². The molecule has 0 spiro atoms. The van der Waals surface area contributed by atoms with Crippen molar-refractivity contribution < 1.29 is 9.53 Å². The number of amides is 1. The minimum Gasteiger partial charge on any atom is -0.484 e. The van der Waals surface area contributed by atoms with E-state index in [1.54, 1.807) is 0 Å². The number of likely N-dealkylation sites (N-methyl/N-ethyl adjacent to an activating group) is 1. The smallest absolute Gasteiger partial charge is 0.255 e. The molecule has 1 unspecified atom stereocenters. The summed E-state index contributed by atoms with van der Waals surface area (Å²) in [5.41, 5.74) is 6.28. The SMILES string of the molecule is CC1CN(Cc2cccc(OCC(N)=O)c2)CCN1C. The van der Waals surface area contributed by atoms with E-state index in [1.165, 1.54) is 5.56 Å². The first-order valence-electron chi connectivity index (χ1n) is 6.97. The van der Waals surface area contributed by atoms with E-state index in [0.717, 1.165) is 26.2 Å². The van der Waals surface area contributed by atoms with E-state index >= 15 is 0 Å². The molecule has 5 heteroatoms. The molecule has 1 aliphatic heterocycles. The van der Waals surface area contributed by atoms with Gasteiger partial charge in [-0.15, -0.1) is 0 Å². The Labute approximate surface area is 120 Å². The molecule has 0 aliphatic carbocycles. The number of nitrogens with two attached hydrogens (primary N) is 1. The maximum atomic E-state index is 10.7. The molecule has 1 fully saturated rings. The second kappa shape index (κ2) is 6.72. The zero-order chi connectivity index (χ0) is 14.5. The van der Waals surface area contributed by atoms with E-state index in [4.69, 9.17) is 10.5 Å². The van der Waals surface area contributed by atoms with Gasteiger partial charge in [0.25, 0.3) is 5.91 Å². The number of nitrogens with zero attached hydrogens (tertiary/aromatic N) is 2. The van der Waals surface area contributed by atoms with Gasteiger partial charge in [0.05, 0.1) is 0 Å². The monoisotopic (exact) mass is 277 g/mol. The molecule has 1 atom stereocenters. The van der Waals surface area contributed by atoms with Crippen LogP contribution in [0.2, 0.25) is 0 Å². The standard InChI is InChI=1S/C15H23N3O2/c1-12-9-18(7-6-17(12)2)10-13-4-3-5-14(8-13)20-11-15(16)19/h3-5,8,12H,6-7,9-11H2,1-2H3,(H2,16,19). The lowest BCUT2D eigenvalue weighted by molar-refractivity contribution is -0.119. The lowest BCUT2D eigenvalue weighted by Crippen LogP contribution is -2.49. The summed E-state index contributed by atoms with van der Waals surface area (Å²) >= 11 is 0. The first kappa shape index (κ1) is 14.8. The maximum Gasteiger partial charge on any atom is 0.255 e. The Morgan fingerprint density at radius 2 is 2.25 bits per heavy atom. The Morgan fingerprint density at radius 1 is 1.45 bits per heavy atom. The average molecular weight is 277 g/mol. The molecule has 1 aliphatic rings. The topological polar surface area (TPSA) is 58.8 Å². The van der Waals surface area contributed by atoms with Gasteiger partial charge in [0.2, 0.25) is 0 Å². The van der Waals surface area contributed by atoms with Crippen LogP contribution in [0, 0.1) is 0 Å². The summed E-state index contributed by atoms with van der Waals surface area (Å²) in [7, 11) is 2.17. The number of rotatable bonds is 5. The summed E-state index contributed by atoms with van der Waals surface area (Å²) in [5.74, 6) is 0.242.